The molecule has 2 aromatic carbocycles. The lowest BCUT2D eigenvalue weighted by Crippen LogP contribution is -2.41. The highest BCUT2D eigenvalue weighted by Crippen LogP contribution is 2.44. The highest BCUT2D eigenvalue weighted by Gasteiger charge is 2.41. The van der Waals surface area contributed by atoms with Gasteiger partial charge in [0.05, 0.1) is 42.6 Å². The Morgan fingerprint density at radius 1 is 1.11 bits per heavy atom. The Hall–Kier alpha value is -4.60. The van der Waals surface area contributed by atoms with Crippen molar-refractivity contribution in [1.29, 1.82) is 5.26 Å². The van der Waals surface area contributed by atoms with Gasteiger partial charge in [-0.05, 0) is 90.8 Å². The van der Waals surface area contributed by atoms with Crippen LogP contribution in [0.3, 0.4) is 0 Å². The predicted molar refractivity (Wildman–Crippen MR) is 157 cm³/mol. The molecule has 0 bridgehead atoms. The van der Waals surface area contributed by atoms with Crippen LogP contribution in [0.2, 0.25) is 0 Å². The SMILES string of the molecule is Cn1cnnc1-c1cc(C#N)ccc1-c1cc(C2CC2)nc(N2Cc3c(cc(COCC4(O)CCC4)cc3C(F)(F)F)C2=O)c1. The van der Waals surface area contributed by atoms with Gasteiger partial charge in [-0.25, -0.2) is 4.98 Å². The number of aromatic nitrogens is 4. The number of hydrogen-bond acceptors (Lipinski definition) is 7. The second kappa shape index (κ2) is 10.8. The molecule has 230 valence electrons. The molecule has 1 amide bonds. The molecule has 7 rings (SSSR count). The van der Waals surface area contributed by atoms with Gasteiger partial charge in [-0.1, -0.05) is 6.07 Å². The first-order valence-electron chi connectivity index (χ1n) is 14.8. The highest BCUT2D eigenvalue weighted by molar-refractivity contribution is 6.10. The Morgan fingerprint density at radius 2 is 1.91 bits per heavy atom. The normalized spacial score (nSPS) is 17.2. The third kappa shape index (κ3) is 5.47. The van der Waals surface area contributed by atoms with E-state index < -0.39 is 23.2 Å². The number of pyridine rings is 1. The van der Waals surface area contributed by atoms with Gasteiger partial charge in [0, 0.05) is 29.8 Å². The average Bonchev–Trinajstić information content (AvgIpc) is 3.69. The third-order valence-corrected chi connectivity index (χ3v) is 8.85. The molecular weight excluding hydrogens is 585 g/mol. The zero-order chi connectivity index (χ0) is 31.5. The van der Waals surface area contributed by atoms with E-state index in [9.17, 15) is 28.3 Å². The monoisotopic (exact) mass is 614 g/mol. The van der Waals surface area contributed by atoms with Crippen molar-refractivity contribution in [2.24, 2.45) is 7.05 Å². The number of carbonyl (C=O) groups is 1. The summed E-state index contributed by atoms with van der Waals surface area (Å²) in [7, 11) is 1.79. The van der Waals surface area contributed by atoms with Gasteiger partial charge in [-0.15, -0.1) is 10.2 Å². The van der Waals surface area contributed by atoms with E-state index in [0.29, 0.717) is 35.4 Å². The maximum absolute atomic E-state index is 14.3. The number of nitrogens with zero attached hydrogens (tertiary/aromatic N) is 6. The standard InChI is InChI=1S/C33H29F3N6O3/c1-41-18-38-40-30(41)24-9-19(14-37)3-6-23(24)22-12-28(21-4-5-21)39-29(13-22)42-15-26-25(31(42)43)10-20(11-27(26)33(34,35)36)16-45-17-32(44)7-2-8-32/h3,6,9-13,18,21,44H,2,4-5,7-8,15-17H2,1H3. The molecule has 45 heavy (non-hydrogen) atoms. The maximum atomic E-state index is 14.3. The molecule has 12 heteroatoms. The molecule has 9 nitrogen and oxygen atoms in total. The molecule has 2 aromatic heterocycles. The van der Waals surface area contributed by atoms with Gasteiger partial charge in [0.2, 0.25) is 0 Å². The minimum atomic E-state index is -4.69. The highest BCUT2D eigenvalue weighted by atomic mass is 19.4. The smallest absolute Gasteiger partial charge is 0.387 e. The molecule has 3 aliphatic rings. The van der Waals surface area contributed by atoms with Crippen LogP contribution in [0.5, 0.6) is 0 Å². The molecule has 2 fully saturated rings. The fourth-order valence-electron chi connectivity index (χ4n) is 6.07. The maximum Gasteiger partial charge on any atom is 0.416 e. The first-order valence-corrected chi connectivity index (χ1v) is 14.8. The number of aryl methyl sites for hydroxylation is 1. The summed E-state index contributed by atoms with van der Waals surface area (Å²) < 4.78 is 50.3. The largest absolute Gasteiger partial charge is 0.416 e. The van der Waals surface area contributed by atoms with Crippen LogP contribution in [-0.2, 0) is 31.1 Å². The van der Waals surface area contributed by atoms with E-state index in [0.717, 1.165) is 36.6 Å². The minimum Gasteiger partial charge on any atom is -0.387 e. The van der Waals surface area contributed by atoms with E-state index in [1.54, 1.807) is 42.2 Å². The Balaban J connectivity index is 1.27. The minimum absolute atomic E-state index is 0.0256. The van der Waals surface area contributed by atoms with Crippen molar-refractivity contribution in [2.45, 2.75) is 63.0 Å². The van der Waals surface area contributed by atoms with E-state index in [4.69, 9.17) is 9.72 Å². The Bertz CT molecular complexity index is 1870. The first-order chi connectivity index (χ1) is 21.5. The van der Waals surface area contributed by atoms with E-state index >= 15 is 0 Å². The van der Waals surface area contributed by atoms with Crippen molar-refractivity contribution >= 4 is 11.7 Å². The van der Waals surface area contributed by atoms with Gasteiger partial charge in [-0.3, -0.25) is 9.69 Å². The van der Waals surface area contributed by atoms with Crippen LogP contribution in [0.25, 0.3) is 22.5 Å². The molecule has 2 saturated carbocycles. The molecule has 4 aromatic rings. The average molecular weight is 615 g/mol. The van der Waals surface area contributed by atoms with E-state index in [2.05, 4.69) is 16.3 Å². The van der Waals surface area contributed by atoms with Crippen LogP contribution in [0.4, 0.5) is 19.0 Å². The molecule has 0 saturated heterocycles. The Kier molecular flexibility index (Phi) is 6.98. The number of nitriles is 1. The van der Waals surface area contributed by atoms with Crippen molar-refractivity contribution in [3.8, 4) is 28.6 Å². The molecule has 0 unspecified atom stereocenters. The quantitative estimate of drug-likeness (QED) is 0.263. The van der Waals surface area contributed by atoms with E-state index in [1.807, 2.05) is 6.07 Å². The second-order valence-electron chi connectivity index (χ2n) is 12.2. The first kappa shape index (κ1) is 29.1. The molecule has 3 heterocycles. The number of halogens is 3. The van der Waals surface area contributed by atoms with Crippen molar-refractivity contribution < 1.29 is 27.8 Å². The molecule has 0 radical (unpaired) electrons. The molecular formula is C33H29F3N6O3. The molecule has 0 atom stereocenters. The fourth-order valence-corrected chi connectivity index (χ4v) is 6.07. The van der Waals surface area contributed by atoms with E-state index in [-0.39, 0.29) is 48.2 Å². The summed E-state index contributed by atoms with van der Waals surface area (Å²) in [6.07, 6.45) is 0.773. The van der Waals surface area contributed by atoms with Crippen molar-refractivity contribution in [2.75, 3.05) is 11.5 Å². The number of anilines is 1. The van der Waals surface area contributed by atoms with Gasteiger partial charge >= 0.3 is 6.18 Å². The summed E-state index contributed by atoms with van der Waals surface area (Å²) in [4.78, 5) is 19.9. The lowest BCUT2D eigenvalue weighted by atomic mass is 9.81. The van der Waals surface area contributed by atoms with Crippen LogP contribution in [0.1, 0.15) is 76.3 Å². The number of aliphatic hydroxyl groups is 1. The van der Waals surface area contributed by atoms with Gasteiger partial charge in [0.25, 0.3) is 5.91 Å². The summed E-state index contributed by atoms with van der Waals surface area (Å²) in [5, 5.41) is 28.1. The van der Waals surface area contributed by atoms with Gasteiger partial charge in [-0.2, -0.15) is 18.4 Å². The molecule has 1 aliphatic heterocycles. The van der Waals surface area contributed by atoms with Crippen LogP contribution in [0, 0.1) is 11.3 Å². The number of carbonyl (C=O) groups excluding carboxylic acids is 1. The second-order valence-corrected chi connectivity index (χ2v) is 12.2. The van der Waals surface area contributed by atoms with Gasteiger partial charge < -0.3 is 14.4 Å². The Morgan fingerprint density at radius 3 is 2.56 bits per heavy atom. The van der Waals surface area contributed by atoms with Gasteiger partial charge in [0.15, 0.2) is 5.82 Å². The van der Waals surface area contributed by atoms with Crippen molar-refractivity contribution in [3.63, 3.8) is 0 Å². The number of hydrogen-bond donors (Lipinski definition) is 1. The van der Waals surface area contributed by atoms with Crippen LogP contribution in [0.15, 0.2) is 48.8 Å². The summed E-state index contributed by atoms with van der Waals surface area (Å²) in [5.41, 5.74) is 1.51. The fraction of sp³-hybridized carbons (Fsp3) is 0.364. The van der Waals surface area contributed by atoms with Crippen molar-refractivity contribution in [3.05, 3.63) is 82.3 Å². The number of benzene rings is 2. The Labute approximate surface area is 256 Å². The number of alkyl halides is 3. The summed E-state index contributed by atoms with van der Waals surface area (Å²) in [6.45, 7) is -0.416. The summed E-state index contributed by atoms with van der Waals surface area (Å²) >= 11 is 0. The topological polar surface area (TPSA) is 117 Å². The number of rotatable bonds is 8. The van der Waals surface area contributed by atoms with Crippen LogP contribution in [-0.4, -0.2) is 43.0 Å². The zero-order valence-corrected chi connectivity index (χ0v) is 24.4. The predicted octanol–water partition coefficient (Wildman–Crippen LogP) is 5.90. The number of amides is 1. The zero-order valence-electron chi connectivity index (χ0n) is 24.4. The van der Waals surface area contributed by atoms with Crippen molar-refractivity contribution in [1.82, 2.24) is 19.7 Å². The number of ether oxygens (including phenoxy) is 1. The lowest BCUT2D eigenvalue weighted by Gasteiger charge is -2.36. The van der Waals surface area contributed by atoms with Crippen LogP contribution < -0.4 is 4.90 Å². The van der Waals surface area contributed by atoms with Gasteiger partial charge in [0.1, 0.15) is 12.1 Å². The van der Waals surface area contributed by atoms with Crippen LogP contribution >= 0.6 is 0 Å². The molecule has 2 aliphatic carbocycles. The third-order valence-electron chi connectivity index (χ3n) is 8.85. The number of fused-ring (bicyclic) bond motifs is 1. The summed E-state index contributed by atoms with van der Waals surface area (Å²) in [6, 6.07) is 13.5. The molecule has 1 N–H and O–H groups in total. The molecule has 0 spiro atoms. The summed E-state index contributed by atoms with van der Waals surface area (Å²) in [5.74, 6) is 0.393. The lowest BCUT2D eigenvalue weighted by molar-refractivity contribution is -0.138. The van der Waals surface area contributed by atoms with E-state index in [1.165, 1.54) is 11.0 Å².